The van der Waals surface area contributed by atoms with Crippen molar-refractivity contribution in [1.29, 1.82) is 0 Å². The standard InChI is InChI=1S/C21H15BrN2O3S2/c1-10-5-7-13(8-6-10)24-19(25)15-14(11-3-2-4-12(22)9-11)16-18(23-21(27)29-16)28-17(15)20(24)26/h2-9,14-15,17H,1H3,(H,23,27). The number of carbonyl (C=O) groups is 2. The Bertz CT molecular complexity index is 1200. The summed E-state index contributed by atoms with van der Waals surface area (Å²) in [7, 11) is 0. The van der Waals surface area contributed by atoms with Gasteiger partial charge in [-0.2, -0.15) is 0 Å². The molecule has 2 aromatic carbocycles. The van der Waals surface area contributed by atoms with Crippen LogP contribution in [-0.2, 0) is 9.59 Å². The van der Waals surface area contributed by atoms with E-state index in [1.165, 1.54) is 16.7 Å². The lowest BCUT2D eigenvalue weighted by molar-refractivity contribution is -0.122. The van der Waals surface area contributed by atoms with Crippen LogP contribution in [0.15, 0.2) is 62.8 Å². The fourth-order valence-corrected chi connectivity index (χ4v) is 6.96. The molecule has 2 aliphatic heterocycles. The van der Waals surface area contributed by atoms with Gasteiger partial charge in [-0.05, 0) is 36.8 Å². The normalized spacial score (nSPS) is 23.2. The number of nitrogens with one attached hydrogen (secondary N) is 1. The number of halogens is 1. The average Bonchev–Trinajstić information content (AvgIpc) is 3.18. The summed E-state index contributed by atoms with van der Waals surface area (Å²) in [6.45, 7) is 1.96. The first-order chi connectivity index (χ1) is 13.9. The molecule has 3 heterocycles. The number of hydrogen-bond acceptors (Lipinski definition) is 5. The smallest absolute Gasteiger partial charge is 0.305 e. The Morgan fingerprint density at radius 1 is 1.03 bits per heavy atom. The Balaban J connectivity index is 1.66. The number of fused-ring (bicyclic) bond motifs is 2. The summed E-state index contributed by atoms with van der Waals surface area (Å²) in [4.78, 5) is 43.7. The summed E-state index contributed by atoms with van der Waals surface area (Å²) in [6, 6.07) is 15.1. The van der Waals surface area contributed by atoms with Crippen molar-refractivity contribution in [2.45, 2.75) is 23.1 Å². The second-order valence-electron chi connectivity index (χ2n) is 7.15. The molecular weight excluding hydrogens is 472 g/mol. The molecule has 1 fully saturated rings. The van der Waals surface area contributed by atoms with Crippen LogP contribution in [0.4, 0.5) is 5.69 Å². The number of thiazole rings is 1. The molecule has 5 nitrogen and oxygen atoms in total. The lowest BCUT2D eigenvalue weighted by Gasteiger charge is -2.29. The number of rotatable bonds is 2. The van der Waals surface area contributed by atoms with Gasteiger partial charge in [0.05, 0.1) is 16.6 Å². The van der Waals surface area contributed by atoms with Gasteiger partial charge in [0.15, 0.2) is 0 Å². The fraction of sp³-hybridized carbons (Fsp3) is 0.190. The molecule has 0 saturated carbocycles. The summed E-state index contributed by atoms with van der Waals surface area (Å²) < 4.78 is 0.890. The first kappa shape index (κ1) is 18.8. The predicted molar refractivity (Wildman–Crippen MR) is 118 cm³/mol. The summed E-state index contributed by atoms with van der Waals surface area (Å²) >= 11 is 5.91. The highest BCUT2D eigenvalue weighted by Gasteiger charge is 2.56. The Labute approximate surface area is 183 Å². The molecular formula is C21H15BrN2O3S2. The number of hydrogen-bond donors (Lipinski definition) is 1. The van der Waals surface area contributed by atoms with Crippen LogP contribution in [0.2, 0.25) is 0 Å². The first-order valence-corrected chi connectivity index (χ1v) is 11.5. The van der Waals surface area contributed by atoms with Crippen LogP contribution < -0.4 is 9.77 Å². The molecule has 1 N–H and O–H groups in total. The lowest BCUT2D eigenvalue weighted by atomic mass is 9.83. The van der Waals surface area contributed by atoms with Gasteiger partial charge in [-0.25, -0.2) is 4.90 Å². The van der Waals surface area contributed by atoms with Crippen LogP contribution in [0, 0.1) is 12.8 Å². The van der Waals surface area contributed by atoms with Crippen molar-refractivity contribution in [3.63, 3.8) is 0 Å². The minimum Gasteiger partial charge on any atom is -0.307 e. The quantitative estimate of drug-likeness (QED) is 0.548. The van der Waals surface area contributed by atoms with Gasteiger partial charge >= 0.3 is 4.87 Å². The van der Waals surface area contributed by atoms with Crippen LogP contribution in [0.25, 0.3) is 0 Å². The van der Waals surface area contributed by atoms with Crippen LogP contribution in [-0.4, -0.2) is 22.0 Å². The molecule has 1 aromatic heterocycles. The van der Waals surface area contributed by atoms with Crippen LogP contribution in [0.1, 0.15) is 21.9 Å². The summed E-state index contributed by atoms with van der Waals surface area (Å²) in [5.74, 6) is -1.34. The molecule has 5 rings (SSSR count). The van der Waals surface area contributed by atoms with E-state index < -0.39 is 11.2 Å². The zero-order valence-electron chi connectivity index (χ0n) is 15.2. The number of anilines is 1. The van der Waals surface area contributed by atoms with E-state index in [1.54, 1.807) is 12.1 Å². The van der Waals surface area contributed by atoms with E-state index in [4.69, 9.17) is 0 Å². The molecule has 0 aliphatic carbocycles. The number of aromatic nitrogens is 1. The maximum atomic E-state index is 13.5. The molecule has 1 saturated heterocycles. The highest BCUT2D eigenvalue weighted by molar-refractivity contribution is 9.10. The number of aryl methyl sites for hydroxylation is 1. The number of nitrogens with zero attached hydrogens (tertiary/aromatic N) is 1. The van der Waals surface area contributed by atoms with Crippen LogP contribution in [0.5, 0.6) is 0 Å². The summed E-state index contributed by atoms with van der Waals surface area (Å²) in [5, 5.41) is 0.128. The first-order valence-electron chi connectivity index (χ1n) is 9.03. The minimum atomic E-state index is -0.564. The van der Waals surface area contributed by atoms with Gasteiger partial charge in [0, 0.05) is 15.3 Å². The maximum Gasteiger partial charge on any atom is 0.305 e. The number of carbonyl (C=O) groups excluding carboxylic acids is 2. The number of aromatic amines is 1. The third kappa shape index (κ3) is 3.01. The average molecular weight is 487 g/mol. The molecule has 3 aromatic rings. The molecule has 0 bridgehead atoms. The van der Waals surface area contributed by atoms with Gasteiger partial charge in [-0.3, -0.25) is 14.4 Å². The van der Waals surface area contributed by atoms with Crippen molar-refractivity contribution in [2.24, 2.45) is 5.92 Å². The molecule has 0 spiro atoms. The number of benzene rings is 2. The largest absolute Gasteiger partial charge is 0.307 e. The van der Waals surface area contributed by atoms with E-state index in [9.17, 15) is 14.4 Å². The SMILES string of the molecule is Cc1ccc(N2C(=O)C3Sc4[nH]c(=O)sc4C(c4cccc(Br)c4)C3C2=O)cc1. The highest BCUT2D eigenvalue weighted by atomic mass is 79.9. The van der Waals surface area contributed by atoms with Crippen LogP contribution >= 0.6 is 39.0 Å². The zero-order chi connectivity index (χ0) is 20.3. The molecule has 146 valence electrons. The van der Waals surface area contributed by atoms with Gasteiger partial charge < -0.3 is 4.98 Å². The summed E-state index contributed by atoms with van der Waals surface area (Å²) in [5.41, 5.74) is 2.56. The van der Waals surface area contributed by atoms with E-state index in [0.29, 0.717) is 10.7 Å². The third-order valence-electron chi connectivity index (χ3n) is 5.32. The van der Waals surface area contributed by atoms with Gasteiger partial charge in [0.2, 0.25) is 11.8 Å². The monoisotopic (exact) mass is 486 g/mol. The van der Waals surface area contributed by atoms with Crippen molar-refractivity contribution in [2.75, 3.05) is 4.90 Å². The van der Waals surface area contributed by atoms with Gasteiger partial charge in [-0.15, -0.1) is 0 Å². The maximum absolute atomic E-state index is 13.5. The molecule has 3 atom stereocenters. The van der Waals surface area contributed by atoms with Crippen molar-refractivity contribution in [1.82, 2.24) is 4.98 Å². The Morgan fingerprint density at radius 2 is 1.79 bits per heavy atom. The Hall–Kier alpha value is -2.16. The second kappa shape index (κ2) is 6.97. The predicted octanol–water partition coefficient (Wildman–Crippen LogP) is 4.30. The minimum absolute atomic E-state index is 0.169. The van der Waals surface area contributed by atoms with E-state index in [-0.39, 0.29) is 22.6 Å². The highest BCUT2D eigenvalue weighted by Crippen LogP contribution is 2.53. The Kier molecular flexibility index (Phi) is 4.53. The topological polar surface area (TPSA) is 70.2 Å². The van der Waals surface area contributed by atoms with E-state index in [1.807, 2.05) is 43.3 Å². The van der Waals surface area contributed by atoms with E-state index in [2.05, 4.69) is 20.9 Å². The Morgan fingerprint density at radius 3 is 2.52 bits per heavy atom. The van der Waals surface area contributed by atoms with Gasteiger partial charge in [-0.1, -0.05) is 68.9 Å². The van der Waals surface area contributed by atoms with Crippen molar-refractivity contribution >= 4 is 56.5 Å². The van der Waals surface area contributed by atoms with E-state index >= 15 is 0 Å². The lowest BCUT2D eigenvalue weighted by Crippen LogP contribution is -2.32. The van der Waals surface area contributed by atoms with Gasteiger partial charge in [0.25, 0.3) is 0 Å². The number of amides is 2. The third-order valence-corrected chi connectivity index (χ3v) is 8.22. The van der Waals surface area contributed by atoms with E-state index in [0.717, 1.165) is 31.8 Å². The molecule has 2 aliphatic rings. The second-order valence-corrected chi connectivity index (χ2v) is 10.2. The number of imide groups is 1. The van der Waals surface area contributed by atoms with Crippen molar-refractivity contribution in [3.05, 3.63) is 78.7 Å². The van der Waals surface area contributed by atoms with Crippen LogP contribution in [0.3, 0.4) is 0 Å². The summed E-state index contributed by atoms with van der Waals surface area (Å²) in [6.07, 6.45) is 0. The van der Waals surface area contributed by atoms with Crippen molar-refractivity contribution < 1.29 is 9.59 Å². The molecule has 8 heteroatoms. The molecule has 29 heavy (non-hydrogen) atoms. The number of thioether (sulfide) groups is 1. The van der Waals surface area contributed by atoms with Gasteiger partial charge in [0.1, 0.15) is 5.25 Å². The molecule has 2 amide bonds. The molecule has 3 unspecified atom stereocenters. The fourth-order valence-electron chi connectivity index (χ4n) is 4.02. The van der Waals surface area contributed by atoms with Crippen molar-refractivity contribution in [3.8, 4) is 0 Å². The zero-order valence-corrected chi connectivity index (χ0v) is 18.4. The molecule has 0 radical (unpaired) electrons. The number of H-pyrrole nitrogens is 1.